The lowest BCUT2D eigenvalue weighted by atomic mass is 9.98. The zero-order chi connectivity index (χ0) is 20.1. The van der Waals surface area contributed by atoms with Crippen molar-refractivity contribution in [2.75, 3.05) is 0 Å². The fourth-order valence-corrected chi connectivity index (χ4v) is 2.81. The lowest BCUT2D eigenvalue weighted by Gasteiger charge is -2.09. The molecule has 6 heteroatoms. The van der Waals surface area contributed by atoms with Crippen LogP contribution in [-0.4, -0.2) is 25.2 Å². The SMILES string of the molecule is CC.Cc1ccc(C)c(-c2cc(F)cc(-n3nnc(-c4ccccn4)n3)c2)c1. The van der Waals surface area contributed by atoms with Gasteiger partial charge < -0.3 is 0 Å². The number of pyridine rings is 1. The second-order valence-corrected chi connectivity index (χ2v) is 6.13. The largest absolute Gasteiger partial charge is 0.253 e. The van der Waals surface area contributed by atoms with Crippen LogP contribution < -0.4 is 0 Å². The van der Waals surface area contributed by atoms with E-state index in [9.17, 15) is 4.39 Å². The highest BCUT2D eigenvalue weighted by atomic mass is 19.1. The molecule has 0 radical (unpaired) electrons. The van der Waals surface area contributed by atoms with Gasteiger partial charge in [0.05, 0.1) is 5.69 Å². The van der Waals surface area contributed by atoms with Gasteiger partial charge in [-0.05, 0) is 60.0 Å². The summed E-state index contributed by atoms with van der Waals surface area (Å²) in [7, 11) is 0. The normalized spacial score (nSPS) is 10.3. The van der Waals surface area contributed by atoms with Crippen molar-refractivity contribution in [3.05, 3.63) is 77.7 Å². The van der Waals surface area contributed by atoms with Crippen molar-refractivity contribution in [2.24, 2.45) is 0 Å². The van der Waals surface area contributed by atoms with Gasteiger partial charge in [-0.2, -0.15) is 0 Å². The van der Waals surface area contributed by atoms with Crippen LogP contribution in [0.5, 0.6) is 0 Å². The van der Waals surface area contributed by atoms with Crippen LogP contribution in [0.4, 0.5) is 4.39 Å². The summed E-state index contributed by atoms with van der Waals surface area (Å²) >= 11 is 0. The van der Waals surface area contributed by atoms with Gasteiger partial charge in [-0.3, -0.25) is 4.98 Å². The Morgan fingerprint density at radius 2 is 1.75 bits per heavy atom. The average Bonchev–Trinajstić information content (AvgIpc) is 3.22. The van der Waals surface area contributed by atoms with Gasteiger partial charge in [0.1, 0.15) is 11.5 Å². The molecule has 0 atom stereocenters. The van der Waals surface area contributed by atoms with E-state index in [1.54, 1.807) is 12.3 Å². The lowest BCUT2D eigenvalue weighted by Crippen LogP contribution is -2.01. The monoisotopic (exact) mass is 375 g/mol. The molecule has 0 saturated carbocycles. The molecule has 4 aromatic rings. The Hall–Kier alpha value is -3.41. The van der Waals surface area contributed by atoms with Gasteiger partial charge in [0.2, 0.25) is 5.82 Å². The quantitative estimate of drug-likeness (QED) is 0.495. The fraction of sp³-hybridized carbons (Fsp3) is 0.182. The second kappa shape index (κ2) is 8.52. The van der Waals surface area contributed by atoms with E-state index >= 15 is 0 Å². The highest BCUT2D eigenvalue weighted by molar-refractivity contribution is 5.70. The maximum absolute atomic E-state index is 14.3. The Labute approximate surface area is 163 Å². The molecular weight excluding hydrogens is 353 g/mol. The smallest absolute Gasteiger partial charge is 0.223 e. The second-order valence-electron chi connectivity index (χ2n) is 6.13. The number of benzene rings is 2. The van der Waals surface area contributed by atoms with Crippen molar-refractivity contribution in [3.8, 4) is 28.3 Å². The van der Waals surface area contributed by atoms with Gasteiger partial charge in [-0.25, -0.2) is 4.39 Å². The highest BCUT2D eigenvalue weighted by Crippen LogP contribution is 2.27. The van der Waals surface area contributed by atoms with Crippen LogP contribution in [0, 0.1) is 19.7 Å². The number of aryl methyl sites for hydroxylation is 2. The van der Waals surface area contributed by atoms with Crippen LogP contribution >= 0.6 is 0 Å². The van der Waals surface area contributed by atoms with Gasteiger partial charge in [0.25, 0.3) is 0 Å². The molecule has 0 bridgehead atoms. The van der Waals surface area contributed by atoms with Crippen LogP contribution in [0.15, 0.2) is 60.8 Å². The zero-order valence-electron chi connectivity index (χ0n) is 16.4. The Morgan fingerprint density at radius 1 is 0.929 bits per heavy atom. The number of hydrogen-bond acceptors (Lipinski definition) is 4. The Morgan fingerprint density at radius 3 is 2.50 bits per heavy atom. The average molecular weight is 375 g/mol. The fourth-order valence-electron chi connectivity index (χ4n) is 2.81. The number of aromatic nitrogens is 5. The molecule has 0 N–H and O–H groups in total. The predicted octanol–water partition coefficient (Wildman–Crippen LogP) is 5.17. The molecule has 2 aromatic heterocycles. The summed E-state index contributed by atoms with van der Waals surface area (Å²) in [6.07, 6.45) is 1.66. The van der Waals surface area contributed by atoms with E-state index in [2.05, 4.69) is 20.4 Å². The van der Waals surface area contributed by atoms with Crippen molar-refractivity contribution in [1.29, 1.82) is 0 Å². The summed E-state index contributed by atoms with van der Waals surface area (Å²) in [5, 5.41) is 12.4. The molecule has 0 aliphatic rings. The van der Waals surface area contributed by atoms with E-state index < -0.39 is 0 Å². The van der Waals surface area contributed by atoms with Crippen molar-refractivity contribution in [3.63, 3.8) is 0 Å². The molecular formula is C22H22FN5. The van der Waals surface area contributed by atoms with Crippen molar-refractivity contribution in [1.82, 2.24) is 25.2 Å². The number of nitrogens with zero attached hydrogens (tertiary/aromatic N) is 5. The van der Waals surface area contributed by atoms with Crippen LogP contribution in [0.3, 0.4) is 0 Å². The molecule has 0 unspecified atom stereocenters. The molecule has 4 rings (SSSR count). The summed E-state index contributed by atoms with van der Waals surface area (Å²) in [5.41, 5.74) is 5.08. The van der Waals surface area contributed by atoms with Crippen LogP contribution in [0.2, 0.25) is 0 Å². The van der Waals surface area contributed by atoms with E-state index in [0.717, 1.165) is 22.3 Å². The number of tetrazole rings is 1. The first kappa shape index (κ1) is 19.4. The molecule has 0 aliphatic carbocycles. The van der Waals surface area contributed by atoms with Gasteiger partial charge in [0, 0.05) is 12.3 Å². The number of rotatable bonds is 3. The van der Waals surface area contributed by atoms with Crippen molar-refractivity contribution < 1.29 is 4.39 Å². The van der Waals surface area contributed by atoms with E-state index in [-0.39, 0.29) is 5.82 Å². The first-order valence-electron chi connectivity index (χ1n) is 9.20. The number of hydrogen-bond donors (Lipinski definition) is 0. The first-order chi connectivity index (χ1) is 13.6. The minimum absolute atomic E-state index is 0.352. The molecule has 28 heavy (non-hydrogen) atoms. The molecule has 0 spiro atoms. The summed E-state index contributed by atoms with van der Waals surface area (Å²) in [4.78, 5) is 5.53. The van der Waals surface area contributed by atoms with Crippen LogP contribution in [0.1, 0.15) is 25.0 Å². The predicted molar refractivity (Wildman–Crippen MR) is 109 cm³/mol. The number of halogens is 1. The lowest BCUT2D eigenvalue weighted by molar-refractivity contribution is 0.621. The van der Waals surface area contributed by atoms with Gasteiger partial charge in [-0.1, -0.05) is 43.7 Å². The van der Waals surface area contributed by atoms with E-state index in [0.29, 0.717) is 17.2 Å². The highest BCUT2D eigenvalue weighted by Gasteiger charge is 2.12. The standard InChI is InChI=1S/C20H16FN5.C2H6/c1-13-6-7-14(2)18(9-13)15-10-16(21)12-17(11-15)26-24-20(23-25-26)19-5-3-4-8-22-19;1-2/h3-12H,1-2H3;1-2H3. The first-order valence-corrected chi connectivity index (χ1v) is 9.20. The van der Waals surface area contributed by atoms with E-state index in [1.165, 1.54) is 16.9 Å². The van der Waals surface area contributed by atoms with Crippen LogP contribution in [0.25, 0.3) is 28.3 Å². The topological polar surface area (TPSA) is 56.5 Å². The maximum Gasteiger partial charge on any atom is 0.223 e. The van der Waals surface area contributed by atoms with Gasteiger partial charge >= 0.3 is 0 Å². The Balaban J connectivity index is 0.00000109. The minimum Gasteiger partial charge on any atom is -0.253 e. The molecule has 142 valence electrons. The molecule has 2 heterocycles. The molecule has 2 aromatic carbocycles. The summed E-state index contributed by atoms with van der Waals surface area (Å²) in [6.45, 7) is 8.02. The van der Waals surface area contributed by atoms with E-state index in [1.807, 2.05) is 64.1 Å². The minimum atomic E-state index is -0.352. The van der Waals surface area contributed by atoms with Gasteiger partial charge in [-0.15, -0.1) is 15.0 Å². The van der Waals surface area contributed by atoms with Crippen molar-refractivity contribution in [2.45, 2.75) is 27.7 Å². The Kier molecular flexibility index (Phi) is 5.89. The molecule has 0 amide bonds. The van der Waals surface area contributed by atoms with Crippen LogP contribution in [-0.2, 0) is 0 Å². The molecule has 0 fully saturated rings. The van der Waals surface area contributed by atoms with Crippen molar-refractivity contribution >= 4 is 0 Å². The van der Waals surface area contributed by atoms with E-state index in [4.69, 9.17) is 0 Å². The molecule has 0 aliphatic heterocycles. The summed E-state index contributed by atoms with van der Waals surface area (Å²) in [6, 6.07) is 16.3. The zero-order valence-corrected chi connectivity index (χ0v) is 16.4. The third kappa shape index (κ3) is 4.11. The third-order valence-electron chi connectivity index (χ3n) is 4.13. The molecule has 0 saturated heterocycles. The van der Waals surface area contributed by atoms with Gasteiger partial charge in [0.15, 0.2) is 0 Å². The summed E-state index contributed by atoms with van der Waals surface area (Å²) < 4.78 is 14.3. The third-order valence-corrected chi connectivity index (χ3v) is 4.13. The summed E-state index contributed by atoms with van der Waals surface area (Å²) in [5.74, 6) is 0.0400. The molecule has 5 nitrogen and oxygen atoms in total. The Bertz CT molecular complexity index is 1070. The maximum atomic E-state index is 14.3.